The van der Waals surface area contributed by atoms with Crippen LogP contribution in [0.15, 0.2) is 24.5 Å². The second-order valence-electron chi connectivity index (χ2n) is 4.95. The predicted octanol–water partition coefficient (Wildman–Crippen LogP) is -0.938. The number of rotatable bonds is 7. The molecule has 0 spiro atoms. The lowest BCUT2D eigenvalue weighted by molar-refractivity contribution is -0.125. The number of methoxy groups -OCH3 is 1. The van der Waals surface area contributed by atoms with Crippen LogP contribution in [0.5, 0.6) is 0 Å². The molecule has 3 atom stereocenters. The zero-order valence-corrected chi connectivity index (χ0v) is 12.0. The standard InChI is InChI=1S/C14H21N3O4/c1-20-9-13(18)17-7-12-14(19)11(8-21-12)16-6-10-3-2-4-15-5-10/h2-5,11-12,14,16,19H,6-9H2,1H3,(H,17,18)/t11-,12-,14+/m1/s1. The van der Waals surface area contributed by atoms with Gasteiger partial charge in [-0.1, -0.05) is 6.07 Å². The lowest BCUT2D eigenvalue weighted by atomic mass is 10.1. The van der Waals surface area contributed by atoms with Gasteiger partial charge in [0.15, 0.2) is 0 Å². The number of hydrogen-bond acceptors (Lipinski definition) is 6. The number of carbonyl (C=O) groups is 1. The largest absolute Gasteiger partial charge is 0.389 e. The third-order valence-electron chi connectivity index (χ3n) is 3.35. The molecule has 1 amide bonds. The van der Waals surface area contributed by atoms with Crippen molar-refractivity contribution in [2.24, 2.45) is 0 Å². The molecule has 2 heterocycles. The molecule has 7 heteroatoms. The number of nitrogens with zero attached hydrogens (tertiary/aromatic N) is 1. The van der Waals surface area contributed by atoms with Crippen molar-refractivity contribution in [1.29, 1.82) is 0 Å². The molecule has 3 N–H and O–H groups in total. The minimum Gasteiger partial charge on any atom is -0.389 e. The van der Waals surface area contributed by atoms with Gasteiger partial charge >= 0.3 is 0 Å². The third kappa shape index (κ3) is 4.75. The van der Waals surface area contributed by atoms with E-state index in [0.717, 1.165) is 5.56 Å². The van der Waals surface area contributed by atoms with Gasteiger partial charge in [0.25, 0.3) is 0 Å². The number of hydrogen-bond donors (Lipinski definition) is 3. The summed E-state index contributed by atoms with van der Waals surface area (Å²) in [7, 11) is 1.46. The van der Waals surface area contributed by atoms with Crippen LogP contribution in [0.3, 0.4) is 0 Å². The van der Waals surface area contributed by atoms with Crippen LogP contribution in [-0.4, -0.2) is 61.1 Å². The maximum absolute atomic E-state index is 11.3. The Kier molecular flexibility index (Phi) is 6.06. The fourth-order valence-electron chi connectivity index (χ4n) is 2.19. The molecule has 2 rings (SSSR count). The fourth-order valence-corrected chi connectivity index (χ4v) is 2.19. The van der Waals surface area contributed by atoms with Gasteiger partial charge in [-0.25, -0.2) is 0 Å². The van der Waals surface area contributed by atoms with E-state index in [9.17, 15) is 9.90 Å². The van der Waals surface area contributed by atoms with Gasteiger partial charge in [-0.2, -0.15) is 0 Å². The number of aromatic nitrogens is 1. The second-order valence-corrected chi connectivity index (χ2v) is 4.95. The molecular formula is C14H21N3O4. The molecule has 116 valence electrons. The van der Waals surface area contributed by atoms with E-state index in [0.29, 0.717) is 13.2 Å². The highest BCUT2D eigenvalue weighted by atomic mass is 16.5. The Hall–Kier alpha value is -1.54. The van der Waals surface area contributed by atoms with Crippen molar-refractivity contribution >= 4 is 5.91 Å². The summed E-state index contributed by atoms with van der Waals surface area (Å²) in [5.74, 6) is -0.222. The van der Waals surface area contributed by atoms with Crippen molar-refractivity contribution in [1.82, 2.24) is 15.6 Å². The van der Waals surface area contributed by atoms with Gasteiger partial charge in [0.2, 0.25) is 5.91 Å². The molecule has 1 aliphatic heterocycles. The number of nitrogens with one attached hydrogen (secondary N) is 2. The SMILES string of the molecule is COCC(=O)NC[C@H]1OC[C@@H](NCc2cccnc2)[C@@H]1O. The van der Waals surface area contributed by atoms with E-state index in [1.54, 1.807) is 12.4 Å². The van der Waals surface area contributed by atoms with Crippen molar-refractivity contribution in [3.05, 3.63) is 30.1 Å². The Labute approximate surface area is 123 Å². The van der Waals surface area contributed by atoms with Crippen LogP contribution in [-0.2, 0) is 20.8 Å². The van der Waals surface area contributed by atoms with Crippen LogP contribution < -0.4 is 10.6 Å². The summed E-state index contributed by atoms with van der Waals surface area (Å²) in [5.41, 5.74) is 1.04. The van der Waals surface area contributed by atoms with E-state index < -0.39 is 12.2 Å². The number of amides is 1. The Morgan fingerprint density at radius 2 is 2.48 bits per heavy atom. The summed E-state index contributed by atoms with van der Waals surface area (Å²) >= 11 is 0. The minimum atomic E-state index is -0.662. The maximum Gasteiger partial charge on any atom is 0.246 e. The van der Waals surface area contributed by atoms with Crippen molar-refractivity contribution in [2.45, 2.75) is 24.8 Å². The van der Waals surface area contributed by atoms with Crippen LogP contribution >= 0.6 is 0 Å². The first-order valence-corrected chi connectivity index (χ1v) is 6.88. The molecule has 0 bridgehead atoms. The van der Waals surface area contributed by atoms with Crippen molar-refractivity contribution in [3.63, 3.8) is 0 Å². The van der Waals surface area contributed by atoms with Crippen molar-refractivity contribution in [2.75, 3.05) is 26.9 Å². The Morgan fingerprint density at radius 1 is 1.62 bits per heavy atom. The quantitative estimate of drug-likeness (QED) is 0.601. The van der Waals surface area contributed by atoms with Gasteiger partial charge in [-0.15, -0.1) is 0 Å². The van der Waals surface area contributed by atoms with E-state index in [-0.39, 0.29) is 25.1 Å². The van der Waals surface area contributed by atoms with Crippen LogP contribution in [0.25, 0.3) is 0 Å². The van der Waals surface area contributed by atoms with Gasteiger partial charge < -0.3 is 25.2 Å². The Bertz CT molecular complexity index is 443. The number of ether oxygens (including phenoxy) is 2. The molecule has 21 heavy (non-hydrogen) atoms. The zero-order chi connectivity index (χ0) is 15.1. The normalized spacial score (nSPS) is 25.0. The van der Waals surface area contributed by atoms with Gasteiger partial charge in [0.1, 0.15) is 12.7 Å². The molecule has 0 unspecified atom stereocenters. The summed E-state index contributed by atoms with van der Waals surface area (Å²) in [4.78, 5) is 15.3. The van der Waals surface area contributed by atoms with Gasteiger partial charge in [-0.05, 0) is 11.6 Å². The monoisotopic (exact) mass is 295 g/mol. The molecule has 7 nitrogen and oxygen atoms in total. The molecule has 0 aliphatic carbocycles. The summed E-state index contributed by atoms with van der Waals surface area (Å²) in [5, 5.41) is 16.1. The van der Waals surface area contributed by atoms with Crippen LogP contribution in [0.1, 0.15) is 5.56 Å². The number of carbonyl (C=O) groups excluding carboxylic acids is 1. The third-order valence-corrected chi connectivity index (χ3v) is 3.35. The topological polar surface area (TPSA) is 92.7 Å². The summed E-state index contributed by atoms with van der Waals surface area (Å²) in [6, 6.07) is 3.67. The zero-order valence-electron chi connectivity index (χ0n) is 12.0. The van der Waals surface area contributed by atoms with Gasteiger partial charge in [-0.3, -0.25) is 9.78 Å². The smallest absolute Gasteiger partial charge is 0.246 e. The average Bonchev–Trinajstić information content (AvgIpc) is 2.85. The first kappa shape index (κ1) is 15.8. The second kappa shape index (κ2) is 8.04. The van der Waals surface area contributed by atoms with Crippen molar-refractivity contribution in [3.8, 4) is 0 Å². The molecule has 0 aromatic carbocycles. The highest BCUT2D eigenvalue weighted by Crippen LogP contribution is 2.14. The van der Waals surface area contributed by atoms with Crippen LogP contribution in [0.4, 0.5) is 0 Å². The lowest BCUT2D eigenvalue weighted by Gasteiger charge is -2.18. The van der Waals surface area contributed by atoms with E-state index in [2.05, 4.69) is 15.6 Å². The summed E-state index contributed by atoms with van der Waals surface area (Å²) in [6.07, 6.45) is 2.43. The van der Waals surface area contributed by atoms with Crippen LogP contribution in [0.2, 0.25) is 0 Å². The average molecular weight is 295 g/mol. The van der Waals surface area contributed by atoms with E-state index in [1.165, 1.54) is 7.11 Å². The number of aliphatic hydroxyl groups excluding tert-OH is 1. The molecule has 1 aromatic heterocycles. The van der Waals surface area contributed by atoms with Gasteiger partial charge in [0.05, 0.1) is 18.8 Å². The van der Waals surface area contributed by atoms with E-state index in [1.807, 2.05) is 12.1 Å². The van der Waals surface area contributed by atoms with Crippen LogP contribution in [0, 0.1) is 0 Å². The Morgan fingerprint density at radius 3 is 3.19 bits per heavy atom. The Balaban J connectivity index is 1.73. The fraction of sp³-hybridized carbons (Fsp3) is 0.571. The highest BCUT2D eigenvalue weighted by molar-refractivity contribution is 5.77. The molecule has 0 saturated carbocycles. The lowest BCUT2D eigenvalue weighted by Crippen LogP contribution is -2.45. The predicted molar refractivity (Wildman–Crippen MR) is 75.5 cm³/mol. The maximum atomic E-state index is 11.3. The van der Waals surface area contributed by atoms with Crippen molar-refractivity contribution < 1.29 is 19.4 Å². The summed E-state index contributed by atoms with van der Waals surface area (Å²) in [6.45, 7) is 1.30. The summed E-state index contributed by atoms with van der Waals surface area (Å²) < 4.78 is 10.2. The highest BCUT2D eigenvalue weighted by Gasteiger charge is 2.35. The van der Waals surface area contributed by atoms with E-state index in [4.69, 9.17) is 9.47 Å². The molecular weight excluding hydrogens is 274 g/mol. The first-order chi connectivity index (χ1) is 10.2. The molecule has 0 radical (unpaired) electrons. The minimum absolute atomic E-state index is 0.00546. The molecule has 1 saturated heterocycles. The molecule has 1 aliphatic rings. The molecule has 1 fully saturated rings. The van der Waals surface area contributed by atoms with Gasteiger partial charge in [0, 0.05) is 32.6 Å². The van der Waals surface area contributed by atoms with E-state index >= 15 is 0 Å². The molecule has 1 aromatic rings. The first-order valence-electron chi connectivity index (χ1n) is 6.88. The number of aliphatic hydroxyl groups is 1. The number of pyridine rings is 1.